The first-order chi connectivity index (χ1) is 17.4. The summed E-state index contributed by atoms with van der Waals surface area (Å²) >= 11 is 0. The minimum absolute atomic E-state index is 0.0469. The highest BCUT2D eigenvalue weighted by Gasteiger charge is 2.30. The number of aliphatic hydroxyl groups is 1. The van der Waals surface area contributed by atoms with Crippen molar-refractivity contribution >= 4 is 34.1 Å². The zero-order valence-electron chi connectivity index (χ0n) is 21.0. The summed E-state index contributed by atoms with van der Waals surface area (Å²) in [5, 5.41) is 20.7. The van der Waals surface area contributed by atoms with Gasteiger partial charge in [-0.1, -0.05) is 43.3 Å². The van der Waals surface area contributed by atoms with Gasteiger partial charge in [0.05, 0.1) is 24.8 Å². The largest absolute Gasteiger partial charge is 0.488 e. The van der Waals surface area contributed by atoms with Crippen molar-refractivity contribution in [3.05, 3.63) is 66.2 Å². The molecule has 0 saturated heterocycles. The van der Waals surface area contributed by atoms with Gasteiger partial charge in [0, 0.05) is 35.6 Å². The maximum atomic E-state index is 13.2. The van der Waals surface area contributed by atoms with Gasteiger partial charge in [-0.2, -0.15) is 0 Å². The van der Waals surface area contributed by atoms with Gasteiger partial charge in [0.15, 0.2) is 0 Å². The van der Waals surface area contributed by atoms with Crippen LogP contribution in [0.25, 0.3) is 10.8 Å². The second-order valence-corrected chi connectivity index (χ2v) is 9.37. The van der Waals surface area contributed by atoms with Crippen LogP contribution in [-0.2, 0) is 11.2 Å². The molecule has 0 bridgehead atoms. The van der Waals surface area contributed by atoms with Gasteiger partial charge < -0.3 is 30.7 Å². The molecule has 8 nitrogen and oxygen atoms in total. The van der Waals surface area contributed by atoms with E-state index in [1.165, 1.54) is 0 Å². The average Bonchev–Trinajstić information content (AvgIpc) is 2.92. The zero-order valence-corrected chi connectivity index (χ0v) is 21.0. The number of nitrogens with one attached hydrogen (secondary N) is 3. The molecule has 4 rings (SSSR count). The highest BCUT2D eigenvalue weighted by Crippen LogP contribution is 2.29. The Morgan fingerprint density at radius 3 is 2.69 bits per heavy atom. The number of carbonyl (C=O) groups excluding carboxylic acids is 2. The zero-order chi connectivity index (χ0) is 25.7. The Balaban J connectivity index is 1.57. The van der Waals surface area contributed by atoms with E-state index in [1.807, 2.05) is 63.4 Å². The minimum atomic E-state index is -0.376. The van der Waals surface area contributed by atoms with E-state index in [2.05, 4.69) is 16.0 Å². The van der Waals surface area contributed by atoms with Crippen molar-refractivity contribution in [3.8, 4) is 5.75 Å². The SMILES string of the molecule is CNC[C@H]1Oc2ccc(NC(=O)Nc3cccc4ccccc34)cc2CC(=O)N([C@H](C)CO)C[C@H]1C. The number of amides is 3. The summed E-state index contributed by atoms with van der Waals surface area (Å²) in [6, 6.07) is 18.3. The van der Waals surface area contributed by atoms with Crippen molar-refractivity contribution in [2.24, 2.45) is 5.92 Å². The van der Waals surface area contributed by atoms with Gasteiger partial charge in [-0.15, -0.1) is 0 Å². The normalized spacial score (nSPS) is 18.9. The molecule has 3 aromatic carbocycles. The highest BCUT2D eigenvalue weighted by molar-refractivity contribution is 6.06. The first-order valence-electron chi connectivity index (χ1n) is 12.3. The summed E-state index contributed by atoms with van der Waals surface area (Å²) < 4.78 is 6.35. The van der Waals surface area contributed by atoms with Crippen molar-refractivity contribution in [1.82, 2.24) is 10.2 Å². The van der Waals surface area contributed by atoms with Crippen LogP contribution in [0.5, 0.6) is 5.75 Å². The molecule has 36 heavy (non-hydrogen) atoms. The van der Waals surface area contributed by atoms with E-state index in [4.69, 9.17) is 4.74 Å². The van der Waals surface area contributed by atoms with Gasteiger partial charge in [-0.05, 0) is 43.6 Å². The first-order valence-corrected chi connectivity index (χ1v) is 12.3. The predicted octanol–water partition coefficient (Wildman–Crippen LogP) is 3.85. The van der Waals surface area contributed by atoms with Crippen LogP contribution in [0.15, 0.2) is 60.7 Å². The fourth-order valence-corrected chi connectivity index (χ4v) is 4.57. The molecule has 1 aliphatic heterocycles. The van der Waals surface area contributed by atoms with E-state index in [9.17, 15) is 14.7 Å². The molecule has 3 atom stereocenters. The number of carbonyl (C=O) groups is 2. The van der Waals surface area contributed by atoms with Crippen molar-refractivity contribution in [3.63, 3.8) is 0 Å². The van der Waals surface area contributed by atoms with Crippen LogP contribution < -0.4 is 20.7 Å². The van der Waals surface area contributed by atoms with Crippen LogP contribution in [-0.4, -0.2) is 60.8 Å². The molecule has 0 radical (unpaired) electrons. The third-order valence-electron chi connectivity index (χ3n) is 6.62. The topological polar surface area (TPSA) is 103 Å². The van der Waals surface area contributed by atoms with E-state index in [-0.39, 0.29) is 43.0 Å². The molecular formula is C28H34N4O4. The minimum Gasteiger partial charge on any atom is -0.488 e. The Bertz CT molecular complexity index is 1230. The molecule has 1 aliphatic rings. The molecule has 3 aromatic rings. The van der Waals surface area contributed by atoms with Crippen molar-refractivity contribution < 1.29 is 19.4 Å². The maximum Gasteiger partial charge on any atom is 0.323 e. The number of ether oxygens (including phenoxy) is 1. The lowest BCUT2D eigenvalue weighted by molar-refractivity contribution is -0.134. The summed E-state index contributed by atoms with van der Waals surface area (Å²) in [5.41, 5.74) is 1.96. The second-order valence-electron chi connectivity index (χ2n) is 9.37. The standard InChI is InChI=1S/C28H34N4O4/c1-18-16-32(19(2)17-33)27(34)14-21-13-22(11-12-25(21)36-26(18)15-29-3)30-28(35)31-24-10-6-8-20-7-4-5-9-23(20)24/h4-13,18-19,26,29,33H,14-17H2,1-3H3,(H2,30,31,35)/t18-,19-,26-/m1/s1. The molecule has 0 aromatic heterocycles. The molecule has 1 heterocycles. The van der Waals surface area contributed by atoms with E-state index in [0.29, 0.717) is 35.8 Å². The summed E-state index contributed by atoms with van der Waals surface area (Å²) in [7, 11) is 1.87. The predicted molar refractivity (Wildman–Crippen MR) is 143 cm³/mol. The Kier molecular flexibility index (Phi) is 8.07. The number of hydrogen-bond donors (Lipinski definition) is 4. The monoisotopic (exact) mass is 490 g/mol. The summed E-state index contributed by atoms with van der Waals surface area (Å²) in [6.07, 6.45) is -0.0550. The van der Waals surface area contributed by atoms with E-state index in [0.717, 1.165) is 10.8 Å². The van der Waals surface area contributed by atoms with Gasteiger partial charge >= 0.3 is 6.03 Å². The summed E-state index contributed by atoms with van der Waals surface area (Å²) in [5.74, 6) is 0.579. The quantitative estimate of drug-likeness (QED) is 0.420. The number of nitrogens with zero attached hydrogens (tertiary/aromatic N) is 1. The van der Waals surface area contributed by atoms with Crippen LogP contribution >= 0.6 is 0 Å². The lowest BCUT2D eigenvalue weighted by Crippen LogP contribution is -2.47. The third kappa shape index (κ3) is 5.78. The van der Waals surface area contributed by atoms with Crippen LogP contribution in [0.1, 0.15) is 19.4 Å². The third-order valence-corrected chi connectivity index (χ3v) is 6.62. The number of hydrogen-bond acceptors (Lipinski definition) is 5. The van der Waals surface area contributed by atoms with Gasteiger partial charge in [0.2, 0.25) is 5.91 Å². The van der Waals surface area contributed by atoms with Crippen LogP contribution in [0.4, 0.5) is 16.2 Å². The smallest absolute Gasteiger partial charge is 0.323 e. The molecule has 8 heteroatoms. The van der Waals surface area contributed by atoms with Gasteiger partial charge in [-0.25, -0.2) is 4.79 Å². The van der Waals surface area contributed by atoms with Crippen molar-refractivity contribution in [1.29, 1.82) is 0 Å². The molecular weight excluding hydrogens is 456 g/mol. The Morgan fingerprint density at radius 2 is 1.92 bits per heavy atom. The summed E-state index contributed by atoms with van der Waals surface area (Å²) in [6.45, 7) is 4.87. The second kappa shape index (κ2) is 11.4. The number of urea groups is 1. The van der Waals surface area contributed by atoms with Gasteiger partial charge in [-0.3, -0.25) is 4.79 Å². The number of fused-ring (bicyclic) bond motifs is 2. The average molecular weight is 491 g/mol. The Morgan fingerprint density at radius 1 is 1.14 bits per heavy atom. The fraction of sp³-hybridized carbons (Fsp3) is 0.357. The molecule has 190 valence electrons. The Labute approximate surface area is 211 Å². The number of aliphatic hydroxyl groups excluding tert-OH is 1. The molecule has 0 aliphatic carbocycles. The van der Waals surface area contributed by atoms with Gasteiger partial charge in [0.25, 0.3) is 0 Å². The number of rotatable bonds is 6. The summed E-state index contributed by atoms with van der Waals surface area (Å²) in [4.78, 5) is 27.8. The molecule has 3 amide bonds. The first kappa shape index (κ1) is 25.5. The van der Waals surface area contributed by atoms with Gasteiger partial charge in [0.1, 0.15) is 11.9 Å². The number of likely N-dealkylation sites (N-methyl/N-ethyl adjacent to an activating group) is 1. The highest BCUT2D eigenvalue weighted by atomic mass is 16.5. The molecule has 4 N–H and O–H groups in total. The van der Waals surface area contributed by atoms with Crippen molar-refractivity contribution in [2.75, 3.05) is 37.4 Å². The van der Waals surface area contributed by atoms with E-state index < -0.39 is 0 Å². The number of benzene rings is 3. The lowest BCUT2D eigenvalue weighted by Gasteiger charge is -2.32. The lowest BCUT2D eigenvalue weighted by atomic mass is 10.0. The molecule has 0 fully saturated rings. The van der Waals surface area contributed by atoms with E-state index >= 15 is 0 Å². The fourth-order valence-electron chi connectivity index (χ4n) is 4.57. The van der Waals surface area contributed by atoms with Crippen molar-refractivity contribution in [2.45, 2.75) is 32.4 Å². The number of anilines is 2. The van der Waals surface area contributed by atoms with Crippen LogP contribution in [0.3, 0.4) is 0 Å². The van der Waals surface area contributed by atoms with Crippen LogP contribution in [0.2, 0.25) is 0 Å². The van der Waals surface area contributed by atoms with Crippen LogP contribution in [0, 0.1) is 5.92 Å². The Hall–Kier alpha value is -3.62. The molecule has 0 unspecified atom stereocenters. The molecule has 0 saturated carbocycles. The van der Waals surface area contributed by atoms with E-state index in [1.54, 1.807) is 23.1 Å². The maximum absolute atomic E-state index is 13.2. The molecule has 0 spiro atoms.